The van der Waals surface area contributed by atoms with Crippen molar-refractivity contribution in [3.05, 3.63) is 64.4 Å². The first kappa shape index (κ1) is 21.5. The van der Waals surface area contributed by atoms with Crippen LogP contribution in [0.5, 0.6) is 5.75 Å². The van der Waals surface area contributed by atoms with Crippen LogP contribution in [0, 0.1) is 5.82 Å². The van der Waals surface area contributed by atoms with Crippen LogP contribution in [0.25, 0.3) is 0 Å². The van der Waals surface area contributed by atoms with Gasteiger partial charge in [-0.25, -0.2) is 4.39 Å². The Balaban J connectivity index is 0.00000261. The van der Waals surface area contributed by atoms with Crippen molar-refractivity contribution in [3.8, 4) is 5.75 Å². The molecular formula is C20H23Cl2FN2O2. The molecule has 2 aromatic carbocycles. The molecule has 1 N–H and O–H groups in total. The number of amides is 1. The van der Waals surface area contributed by atoms with Gasteiger partial charge in [-0.2, -0.15) is 0 Å². The quantitative estimate of drug-likeness (QED) is 0.806. The van der Waals surface area contributed by atoms with Gasteiger partial charge in [-0.15, -0.1) is 12.4 Å². The van der Waals surface area contributed by atoms with Gasteiger partial charge >= 0.3 is 0 Å². The number of aryl methyl sites for hydroxylation is 1. The highest BCUT2D eigenvalue weighted by atomic mass is 35.5. The molecule has 1 aliphatic rings. The number of methoxy groups -OCH3 is 1. The van der Waals surface area contributed by atoms with E-state index >= 15 is 0 Å². The number of ether oxygens (including phenoxy) is 1. The molecule has 1 heterocycles. The molecule has 1 saturated heterocycles. The minimum absolute atomic E-state index is 0. The number of nitrogens with zero attached hydrogens (tertiary/aromatic N) is 1. The van der Waals surface area contributed by atoms with Crippen LogP contribution < -0.4 is 10.1 Å². The van der Waals surface area contributed by atoms with Crippen molar-refractivity contribution in [2.75, 3.05) is 26.7 Å². The Bertz CT molecular complexity index is 788. The van der Waals surface area contributed by atoms with Gasteiger partial charge in [-0.1, -0.05) is 35.9 Å². The second-order valence-corrected chi connectivity index (χ2v) is 6.70. The zero-order valence-electron chi connectivity index (χ0n) is 15.1. The lowest BCUT2D eigenvalue weighted by Gasteiger charge is -2.37. The van der Waals surface area contributed by atoms with Gasteiger partial charge < -0.3 is 15.0 Å². The van der Waals surface area contributed by atoms with E-state index in [2.05, 4.69) is 5.32 Å². The van der Waals surface area contributed by atoms with Crippen LogP contribution in [0.15, 0.2) is 42.5 Å². The first-order chi connectivity index (χ1) is 12.6. The van der Waals surface area contributed by atoms with Gasteiger partial charge in [0, 0.05) is 31.1 Å². The number of hydrogen-bond donors (Lipinski definition) is 1. The predicted molar refractivity (Wildman–Crippen MR) is 107 cm³/mol. The number of halogens is 3. The topological polar surface area (TPSA) is 41.6 Å². The molecule has 7 heteroatoms. The van der Waals surface area contributed by atoms with Crippen molar-refractivity contribution in [1.29, 1.82) is 0 Å². The summed E-state index contributed by atoms with van der Waals surface area (Å²) in [7, 11) is 1.43. The van der Waals surface area contributed by atoms with Gasteiger partial charge in [0.15, 0.2) is 11.6 Å². The van der Waals surface area contributed by atoms with Gasteiger partial charge in [0.1, 0.15) is 0 Å². The molecule has 0 bridgehead atoms. The second kappa shape index (κ2) is 9.93. The minimum Gasteiger partial charge on any atom is -0.494 e. The van der Waals surface area contributed by atoms with E-state index < -0.39 is 5.82 Å². The lowest BCUT2D eigenvalue weighted by Crippen LogP contribution is -2.48. The molecule has 0 saturated carbocycles. The van der Waals surface area contributed by atoms with Crippen molar-refractivity contribution in [2.24, 2.45) is 0 Å². The SMILES string of the molecule is COc1ccc(CCC(=O)N2CCNCC2c2ccccc2Cl)cc1F.Cl. The van der Waals surface area contributed by atoms with Gasteiger partial charge in [-0.3, -0.25) is 4.79 Å². The molecule has 0 aromatic heterocycles. The largest absolute Gasteiger partial charge is 0.494 e. The maximum absolute atomic E-state index is 13.8. The number of nitrogens with one attached hydrogen (secondary N) is 1. The second-order valence-electron chi connectivity index (χ2n) is 6.30. The number of piperazine rings is 1. The molecule has 4 nitrogen and oxygen atoms in total. The molecule has 1 fully saturated rings. The third kappa shape index (κ3) is 5.12. The van der Waals surface area contributed by atoms with Crippen LogP contribution in [0.1, 0.15) is 23.6 Å². The highest BCUT2D eigenvalue weighted by Gasteiger charge is 2.28. The Morgan fingerprint density at radius 3 is 2.81 bits per heavy atom. The summed E-state index contributed by atoms with van der Waals surface area (Å²) in [6, 6.07) is 12.3. The molecule has 0 spiro atoms. The molecule has 2 aromatic rings. The summed E-state index contributed by atoms with van der Waals surface area (Å²) in [5.74, 6) is -0.151. The van der Waals surface area contributed by atoms with Crippen molar-refractivity contribution < 1.29 is 13.9 Å². The standard InChI is InChI=1S/C20H22ClFN2O2.ClH/c1-26-19-8-6-14(12-17(19)22)7-9-20(25)24-11-10-23-13-18(24)15-4-2-3-5-16(15)21;/h2-6,8,12,18,23H,7,9-11,13H2,1H3;1H. The molecule has 146 valence electrons. The van der Waals surface area contributed by atoms with Gasteiger partial charge in [0.25, 0.3) is 0 Å². The van der Waals surface area contributed by atoms with Gasteiger partial charge in [0.2, 0.25) is 5.91 Å². The highest BCUT2D eigenvalue weighted by molar-refractivity contribution is 6.31. The molecule has 0 aliphatic carbocycles. The van der Waals surface area contributed by atoms with E-state index in [4.69, 9.17) is 16.3 Å². The van der Waals surface area contributed by atoms with Crippen LogP contribution in [0.4, 0.5) is 4.39 Å². The summed E-state index contributed by atoms with van der Waals surface area (Å²) in [5.41, 5.74) is 1.73. The predicted octanol–water partition coefficient (Wildman–Crippen LogP) is 4.02. The first-order valence-electron chi connectivity index (χ1n) is 8.67. The summed E-state index contributed by atoms with van der Waals surface area (Å²) >= 11 is 6.33. The highest BCUT2D eigenvalue weighted by Crippen LogP contribution is 2.29. The third-order valence-electron chi connectivity index (χ3n) is 4.67. The molecule has 27 heavy (non-hydrogen) atoms. The van der Waals surface area contributed by atoms with Gasteiger partial charge in [-0.05, 0) is 35.7 Å². The van der Waals surface area contributed by atoms with Crippen LogP contribution in [-0.4, -0.2) is 37.6 Å². The summed E-state index contributed by atoms with van der Waals surface area (Å²) < 4.78 is 18.7. The fourth-order valence-electron chi connectivity index (χ4n) is 3.29. The molecule has 1 amide bonds. The number of carbonyl (C=O) groups excluding carboxylic acids is 1. The summed E-state index contributed by atoms with van der Waals surface area (Å²) in [5, 5.41) is 3.99. The Labute approximate surface area is 170 Å². The number of carbonyl (C=O) groups is 1. The Hall–Kier alpha value is -1.82. The molecule has 1 aliphatic heterocycles. The summed E-state index contributed by atoms with van der Waals surface area (Å²) in [6.45, 7) is 2.06. The fourth-order valence-corrected chi connectivity index (χ4v) is 3.55. The smallest absolute Gasteiger partial charge is 0.223 e. The van der Waals surface area contributed by atoms with E-state index in [-0.39, 0.29) is 30.1 Å². The van der Waals surface area contributed by atoms with Gasteiger partial charge in [0.05, 0.1) is 13.2 Å². The fraction of sp³-hybridized carbons (Fsp3) is 0.350. The van der Waals surface area contributed by atoms with E-state index in [1.807, 2.05) is 29.2 Å². The van der Waals surface area contributed by atoms with E-state index in [9.17, 15) is 9.18 Å². The third-order valence-corrected chi connectivity index (χ3v) is 5.02. The van der Waals surface area contributed by atoms with E-state index in [0.717, 1.165) is 17.7 Å². The van der Waals surface area contributed by atoms with Crippen molar-refractivity contribution >= 4 is 29.9 Å². The zero-order valence-corrected chi connectivity index (χ0v) is 16.7. The summed E-state index contributed by atoms with van der Waals surface area (Å²) in [4.78, 5) is 14.7. The normalized spacial score (nSPS) is 16.6. The maximum Gasteiger partial charge on any atom is 0.223 e. The van der Waals surface area contributed by atoms with E-state index in [1.165, 1.54) is 13.2 Å². The number of hydrogen-bond acceptors (Lipinski definition) is 3. The Morgan fingerprint density at radius 2 is 2.11 bits per heavy atom. The first-order valence-corrected chi connectivity index (χ1v) is 9.05. The van der Waals surface area contributed by atoms with Crippen LogP contribution >= 0.6 is 24.0 Å². The zero-order chi connectivity index (χ0) is 18.5. The summed E-state index contributed by atoms with van der Waals surface area (Å²) in [6.07, 6.45) is 0.811. The minimum atomic E-state index is -0.409. The van der Waals surface area contributed by atoms with Crippen molar-refractivity contribution in [3.63, 3.8) is 0 Å². The van der Waals surface area contributed by atoms with Crippen molar-refractivity contribution in [2.45, 2.75) is 18.9 Å². The molecule has 1 unspecified atom stereocenters. The average Bonchev–Trinajstić information content (AvgIpc) is 2.66. The molecule has 0 radical (unpaired) electrons. The lowest BCUT2D eigenvalue weighted by atomic mass is 10.0. The monoisotopic (exact) mass is 412 g/mol. The Kier molecular flexibility index (Phi) is 7.90. The number of benzene rings is 2. The van der Waals surface area contributed by atoms with Crippen LogP contribution in [0.3, 0.4) is 0 Å². The Morgan fingerprint density at radius 1 is 1.33 bits per heavy atom. The lowest BCUT2D eigenvalue weighted by molar-refractivity contribution is -0.134. The maximum atomic E-state index is 13.8. The molecular weight excluding hydrogens is 390 g/mol. The van der Waals surface area contributed by atoms with Crippen molar-refractivity contribution in [1.82, 2.24) is 10.2 Å². The number of rotatable bonds is 5. The average molecular weight is 413 g/mol. The van der Waals surface area contributed by atoms with E-state index in [1.54, 1.807) is 12.1 Å². The van der Waals surface area contributed by atoms with Crippen LogP contribution in [0.2, 0.25) is 5.02 Å². The van der Waals surface area contributed by atoms with E-state index in [0.29, 0.717) is 31.0 Å². The van der Waals surface area contributed by atoms with Crippen LogP contribution in [-0.2, 0) is 11.2 Å². The molecule has 1 atom stereocenters. The molecule has 3 rings (SSSR count).